The molecule has 0 radical (unpaired) electrons. The molecule has 0 amide bonds. The Hall–Kier alpha value is 1.57. The van der Waals surface area contributed by atoms with E-state index in [1.165, 1.54) is 32.1 Å². The lowest BCUT2D eigenvalue weighted by Crippen LogP contribution is -2.17. The normalized spacial score (nSPS) is 14.3. The molecule has 1 unspecified atom stereocenters. The smallest absolute Gasteiger partial charge is 0.179 e. The predicted octanol–water partition coefficient (Wildman–Crippen LogP) is 4.48. The summed E-state index contributed by atoms with van der Waals surface area (Å²) in [5.74, 6) is 0. The Morgan fingerprint density at radius 1 is 1.14 bits per heavy atom. The first-order valence-electron chi connectivity index (χ1n) is 4.99. The van der Waals surface area contributed by atoms with Crippen LogP contribution >= 0.6 is 45.2 Å². The molecular weight excluding hydrogens is 426 g/mol. The highest BCUT2D eigenvalue weighted by atomic mass is 127. The van der Waals surface area contributed by atoms with Crippen molar-refractivity contribution in [3.63, 3.8) is 0 Å². The quantitative estimate of drug-likeness (QED) is 0.260. The Morgan fingerprint density at radius 2 is 1.64 bits per heavy atom. The molecule has 2 nitrogen and oxygen atoms in total. The van der Waals surface area contributed by atoms with E-state index < -0.39 is 11.8 Å². The van der Waals surface area contributed by atoms with Crippen molar-refractivity contribution in [2.75, 3.05) is 0 Å². The molecule has 0 heterocycles. The van der Waals surface area contributed by atoms with Gasteiger partial charge in [-0.05, 0) is 51.6 Å². The van der Waals surface area contributed by atoms with Gasteiger partial charge in [-0.2, -0.15) is 0 Å². The third-order valence-electron chi connectivity index (χ3n) is 2.08. The second-order valence-corrected chi connectivity index (χ2v) is 11.8. The number of rotatable bonds is 8. The van der Waals surface area contributed by atoms with Crippen LogP contribution in [0.3, 0.4) is 0 Å². The number of unbranched alkanes of at least 4 members (excludes halogenated alkanes) is 5. The topological polar surface area (TPSA) is 37.3 Å². The lowest BCUT2D eigenvalue weighted by atomic mass is 10.1. The Bertz CT molecular complexity index is 174. The monoisotopic (exact) mass is 444 g/mol. The predicted molar refractivity (Wildman–Crippen MR) is 79.5 cm³/mol. The van der Waals surface area contributed by atoms with Gasteiger partial charge in [0.1, 0.15) is 0 Å². The maximum absolute atomic E-state index is 10.9. The van der Waals surface area contributed by atoms with Crippen LogP contribution in [0.1, 0.15) is 51.9 Å². The van der Waals surface area contributed by atoms with E-state index in [-0.39, 0.29) is 0 Å². The van der Waals surface area contributed by atoms with E-state index in [1.54, 1.807) is 0 Å². The molecule has 0 aromatic heterocycles. The standard InChI is InChI=1S/C9H18I2O2S/c1-2-3-4-5-6-7-8-9(10,11)14(12)13/h2-8H2,1H3,(H,12,13). The van der Waals surface area contributed by atoms with Gasteiger partial charge in [-0.15, -0.1) is 0 Å². The van der Waals surface area contributed by atoms with E-state index in [0.717, 1.165) is 12.8 Å². The molecule has 5 heteroatoms. The second kappa shape index (κ2) is 8.69. The number of alkyl halides is 2. The molecule has 0 aliphatic carbocycles. The molecule has 1 N–H and O–H groups in total. The molecule has 0 aromatic rings. The highest BCUT2D eigenvalue weighted by Gasteiger charge is 2.28. The van der Waals surface area contributed by atoms with E-state index in [1.807, 2.05) is 0 Å². The van der Waals surface area contributed by atoms with Crippen LogP contribution in [0.2, 0.25) is 0 Å². The fourth-order valence-electron chi connectivity index (χ4n) is 1.20. The number of halogens is 2. The Balaban J connectivity index is 3.40. The second-order valence-electron chi connectivity index (χ2n) is 3.40. The summed E-state index contributed by atoms with van der Waals surface area (Å²) in [5.41, 5.74) is 0. The van der Waals surface area contributed by atoms with Gasteiger partial charge in [0, 0.05) is 0 Å². The molecule has 0 spiro atoms. The van der Waals surface area contributed by atoms with Crippen molar-refractivity contribution in [1.82, 2.24) is 0 Å². The summed E-state index contributed by atoms with van der Waals surface area (Å²) in [6.07, 6.45) is 8.20. The highest BCUT2D eigenvalue weighted by molar-refractivity contribution is 14.2. The van der Waals surface area contributed by atoms with Crippen molar-refractivity contribution in [3.8, 4) is 0 Å². The molecule has 0 aliphatic rings. The van der Waals surface area contributed by atoms with E-state index >= 15 is 0 Å². The summed E-state index contributed by atoms with van der Waals surface area (Å²) < 4.78 is 19.4. The average Bonchev–Trinajstić information content (AvgIpc) is 2.10. The molecule has 0 aliphatic heterocycles. The molecule has 0 bridgehead atoms. The molecule has 0 saturated carbocycles. The van der Waals surface area contributed by atoms with Gasteiger partial charge in [0.15, 0.2) is 11.8 Å². The van der Waals surface area contributed by atoms with Crippen LogP contribution in [0.25, 0.3) is 0 Å². The third kappa shape index (κ3) is 7.81. The maximum atomic E-state index is 10.9. The first kappa shape index (κ1) is 15.6. The van der Waals surface area contributed by atoms with E-state index in [4.69, 9.17) is 4.55 Å². The largest absolute Gasteiger partial charge is 0.304 e. The minimum Gasteiger partial charge on any atom is -0.304 e. The van der Waals surface area contributed by atoms with Gasteiger partial charge in [-0.1, -0.05) is 45.4 Å². The summed E-state index contributed by atoms with van der Waals surface area (Å²) >= 11 is 2.43. The van der Waals surface area contributed by atoms with Crippen LogP contribution in [-0.4, -0.2) is 9.52 Å². The Labute approximate surface area is 117 Å². The number of hydrogen-bond donors (Lipinski definition) is 1. The van der Waals surface area contributed by atoms with Crippen molar-refractivity contribution in [2.24, 2.45) is 0 Å². The van der Waals surface area contributed by atoms with Crippen molar-refractivity contribution >= 4 is 56.3 Å². The van der Waals surface area contributed by atoms with Gasteiger partial charge in [-0.25, -0.2) is 4.21 Å². The van der Waals surface area contributed by atoms with Gasteiger partial charge >= 0.3 is 0 Å². The van der Waals surface area contributed by atoms with Gasteiger partial charge in [0.25, 0.3) is 0 Å². The molecule has 0 aromatic carbocycles. The molecule has 86 valence electrons. The third-order valence-corrected chi connectivity index (χ3v) is 6.13. The zero-order valence-corrected chi connectivity index (χ0v) is 13.6. The fraction of sp³-hybridized carbons (Fsp3) is 1.00. The summed E-state index contributed by atoms with van der Waals surface area (Å²) in [7, 11) is 0. The summed E-state index contributed by atoms with van der Waals surface area (Å²) in [6, 6.07) is 0. The van der Waals surface area contributed by atoms with Crippen LogP contribution in [0, 0.1) is 0 Å². The van der Waals surface area contributed by atoms with E-state index in [9.17, 15) is 4.21 Å². The molecule has 0 rings (SSSR count). The first-order valence-corrected chi connectivity index (χ1v) is 8.26. The average molecular weight is 444 g/mol. The molecule has 0 saturated heterocycles. The van der Waals surface area contributed by atoms with Crippen molar-refractivity contribution < 1.29 is 8.76 Å². The van der Waals surface area contributed by atoms with Crippen LogP contribution in [-0.2, 0) is 11.1 Å². The minimum atomic E-state index is -1.71. The van der Waals surface area contributed by atoms with Crippen molar-refractivity contribution in [3.05, 3.63) is 0 Å². The van der Waals surface area contributed by atoms with Crippen LogP contribution in [0.5, 0.6) is 0 Å². The van der Waals surface area contributed by atoms with Gasteiger partial charge in [0.2, 0.25) is 0 Å². The Morgan fingerprint density at radius 3 is 2.14 bits per heavy atom. The van der Waals surface area contributed by atoms with Gasteiger partial charge in [0.05, 0.1) is 0 Å². The van der Waals surface area contributed by atoms with Crippen LogP contribution in [0.15, 0.2) is 0 Å². The zero-order chi connectivity index (χ0) is 11.0. The van der Waals surface area contributed by atoms with Crippen LogP contribution in [0.4, 0.5) is 0 Å². The van der Waals surface area contributed by atoms with E-state index in [0.29, 0.717) is 0 Å². The van der Waals surface area contributed by atoms with Crippen molar-refractivity contribution in [2.45, 2.75) is 52.6 Å². The molecule has 14 heavy (non-hydrogen) atoms. The first-order chi connectivity index (χ1) is 6.50. The summed E-state index contributed by atoms with van der Waals surface area (Å²) in [5, 5.41) is 0. The number of hydrogen-bond acceptors (Lipinski definition) is 1. The SMILES string of the molecule is CCCCCCCCC(I)(I)S(=O)O. The maximum Gasteiger partial charge on any atom is 0.179 e. The minimum absolute atomic E-state index is 0.486. The summed E-state index contributed by atoms with van der Waals surface area (Å²) in [4.78, 5) is 0. The van der Waals surface area contributed by atoms with E-state index in [2.05, 4.69) is 52.1 Å². The molecule has 0 fully saturated rings. The Kier molecular flexibility index (Phi) is 9.67. The zero-order valence-electron chi connectivity index (χ0n) is 8.47. The van der Waals surface area contributed by atoms with Gasteiger partial charge in [-0.3, -0.25) is 0 Å². The highest BCUT2D eigenvalue weighted by Crippen LogP contribution is 2.36. The molecule has 1 atom stereocenters. The summed E-state index contributed by atoms with van der Waals surface area (Å²) in [6.45, 7) is 2.20. The lowest BCUT2D eigenvalue weighted by molar-refractivity contribution is 0.549. The lowest BCUT2D eigenvalue weighted by Gasteiger charge is -2.15. The fourth-order valence-corrected chi connectivity index (χ4v) is 2.28. The van der Waals surface area contributed by atoms with Gasteiger partial charge < -0.3 is 4.55 Å². The van der Waals surface area contributed by atoms with Crippen LogP contribution < -0.4 is 0 Å². The van der Waals surface area contributed by atoms with Crippen molar-refractivity contribution in [1.29, 1.82) is 0 Å². The molecular formula is C9H18I2O2S.